The molecule has 1 unspecified atom stereocenters. The van der Waals surface area contributed by atoms with Crippen LogP contribution in [0.25, 0.3) is 11.3 Å². The Labute approximate surface area is 265 Å². The van der Waals surface area contributed by atoms with Crippen LogP contribution >= 0.6 is 0 Å². The number of para-hydroxylation sites is 1. The van der Waals surface area contributed by atoms with Gasteiger partial charge < -0.3 is 19.6 Å². The van der Waals surface area contributed by atoms with Crippen LogP contribution in [0.15, 0.2) is 48.5 Å². The first-order chi connectivity index (χ1) is 21.1. The van der Waals surface area contributed by atoms with Crippen molar-refractivity contribution in [3.05, 3.63) is 70.9 Å². The van der Waals surface area contributed by atoms with E-state index in [0.29, 0.717) is 13.1 Å². The summed E-state index contributed by atoms with van der Waals surface area (Å²) >= 11 is 0. The van der Waals surface area contributed by atoms with Crippen LogP contribution in [0, 0.1) is 18.3 Å². The van der Waals surface area contributed by atoms with Gasteiger partial charge in [-0.2, -0.15) is 10.4 Å². The summed E-state index contributed by atoms with van der Waals surface area (Å²) in [7, 11) is 2.16. The maximum atomic E-state index is 11.0. The molecule has 5 rings (SSSR count). The Hall–Kier alpha value is -3.22. The Morgan fingerprint density at radius 3 is 2.23 bits per heavy atom. The summed E-state index contributed by atoms with van der Waals surface area (Å²) in [6, 6.07) is 18.7. The number of ether oxygens (including phenoxy) is 1. The van der Waals surface area contributed by atoms with Crippen molar-refractivity contribution in [2.45, 2.75) is 79.7 Å². The number of aliphatic hydroxyl groups excluding tert-OH is 1. The second kappa shape index (κ2) is 16.7. The first-order valence-electron chi connectivity index (χ1n) is 16.2. The van der Waals surface area contributed by atoms with Gasteiger partial charge in [0.15, 0.2) is 0 Å². The lowest BCUT2D eigenvalue weighted by Gasteiger charge is -2.37. The van der Waals surface area contributed by atoms with Gasteiger partial charge in [0.1, 0.15) is 6.07 Å². The second-order valence-corrected chi connectivity index (χ2v) is 12.4. The van der Waals surface area contributed by atoms with Crippen LogP contribution in [0.2, 0.25) is 0 Å². The van der Waals surface area contributed by atoms with Crippen molar-refractivity contribution in [3.63, 3.8) is 0 Å². The molecule has 2 aliphatic rings. The highest BCUT2D eigenvalue weighted by atomic mass is 16.5. The summed E-state index contributed by atoms with van der Waals surface area (Å²) in [6.07, 6.45) is 0.469. The molecule has 3 heterocycles. The molecule has 2 aromatic carbocycles. The topological polar surface area (TPSA) is 80.8 Å². The molecule has 1 fully saturated rings. The number of hydrogen-bond donors (Lipinski definition) is 1. The number of hydrogen-bond acceptors (Lipinski definition) is 7. The standard InChI is InChI=1S/C28H34N6O.C6H14O.C2H6/c1-21-7-9-22(10-8-21)28-25-20-31(2)12-11-27(25)34(30-28)19-24(35)18-32-13-15-33(16-14-32)26-6-4-3-5-23(26)17-29;1-5-7-6(2,3)4;1-2/h3-10,24,35H,11-16,18-20H2,1-2H3;5H2,1-4H3;1-2H3. The lowest BCUT2D eigenvalue weighted by atomic mass is 10.0. The minimum Gasteiger partial charge on any atom is -0.390 e. The van der Waals surface area contributed by atoms with Gasteiger partial charge in [0, 0.05) is 75.7 Å². The summed E-state index contributed by atoms with van der Waals surface area (Å²) in [5, 5.41) is 25.4. The van der Waals surface area contributed by atoms with Crippen molar-refractivity contribution in [1.82, 2.24) is 19.6 Å². The van der Waals surface area contributed by atoms with E-state index >= 15 is 0 Å². The Morgan fingerprint density at radius 2 is 1.64 bits per heavy atom. The Balaban J connectivity index is 0.000000520. The fourth-order valence-electron chi connectivity index (χ4n) is 5.72. The summed E-state index contributed by atoms with van der Waals surface area (Å²) < 4.78 is 7.29. The predicted octanol–water partition coefficient (Wildman–Crippen LogP) is 5.75. The lowest BCUT2D eigenvalue weighted by molar-refractivity contribution is 0.00531. The van der Waals surface area contributed by atoms with E-state index in [1.807, 2.05) is 45.0 Å². The summed E-state index contributed by atoms with van der Waals surface area (Å²) in [5.41, 5.74) is 7.76. The average Bonchev–Trinajstić information content (AvgIpc) is 3.35. The van der Waals surface area contributed by atoms with Crippen molar-refractivity contribution >= 4 is 5.69 Å². The number of aryl methyl sites for hydroxylation is 1. The number of aliphatic hydroxyl groups is 1. The van der Waals surface area contributed by atoms with Gasteiger partial charge in [-0.15, -0.1) is 0 Å². The maximum absolute atomic E-state index is 11.0. The molecule has 0 amide bonds. The van der Waals surface area contributed by atoms with Crippen LogP contribution < -0.4 is 4.90 Å². The van der Waals surface area contributed by atoms with E-state index in [2.05, 4.69) is 84.5 Å². The smallest absolute Gasteiger partial charge is 0.101 e. The van der Waals surface area contributed by atoms with E-state index in [9.17, 15) is 10.4 Å². The molecule has 0 saturated carbocycles. The lowest BCUT2D eigenvalue weighted by Crippen LogP contribution is -2.49. The highest BCUT2D eigenvalue weighted by molar-refractivity contribution is 5.65. The minimum atomic E-state index is -0.484. The third-order valence-electron chi connectivity index (χ3n) is 7.82. The molecule has 0 bridgehead atoms. The third-order valence-corrected chi connectivity index (χ3v) is 7.82. The van der Waals surface area contributed by atoms with E-state index in [1.54, 1.807) is 0 Å². The van der Waals surface area contributed by atoms with Gasteiger partial charge in [0.25, 0.3) is 0 Å². The first-order valence-corrected chi connectivity index (χ1v) is 16.2. The number of likely N-dealkylation sites (N-methyl/N-ethyl adjacent to an activating group) is 1. The minimum absolute atomic E-state index is 0.0503. The van der Waals surface area contributed by atoms with E-state index in [-0.39, 0.29) is 5.60 Å². The van der Waals surface area contributed by atoms with E-state index in [4.69, 9.17) is 9.84 Å². The molecule has 2 aliphatic heterocycles. The number of β-amino-alcohol motifs (C(OH)–C–C–N with tert-alkyl or cyclic N) is 1. The van der Waals surface area contributed by atoms with Crippen LogP contribution in [-0.2, 0) is 24.2 Å². The number of nitrogens with zero attached hydrogens (tertiary/aromatic N) is 6. The Bertz CT molecular complexity index is 1330. The molecule has 240 valence electrons. The molecule has 0 spiro atoms. The van der Waals surface area contributed by atoms with Crippen LogP contribution in [0.1, 0.15) is 63.9 Å². The molecule has 3 aromatic rings. The van der Waals surface area contributed by atoms with Gasteiger partial charge >= 0.3 is 0 Å². The van der Waals surface area contributed by atoms with Gasteiger partial charge in [0.2, 0.25) is 0 Å². The monoisotopic (exact) mass is 602 g/mol. The molecule has 0 radical (unpaired) electrons. The van der Waals surface area contributed by atoms with Gasteiger partial charge in [0.05, 0.1) is 35.2 Å². The highest BCUT2D eigenvalue weighted by Gasteiger charge is 2.26. The van der Waals surface area contributed by atoms with Gasteiger partial charge in [-0.05, 0) is 53.8 Å². The van der Waals surface area contributed by atoms with Crippen molar-refractivity contribution in [1.29, 1.82) is 5.26 Å². The molecule has 1 atom stereocenters. The number of rotatable bonds is 7. The summed E-state index contributed by atoms with van der Waals surface area (Å²) in [6.45, 7) is 21.6. The van der Waals surface area contributed by atoms with Crippen molar-refractivity contribution in [3.8, 4) is 17.3 Å². The van der Waals surface area contributed by atoms with Gasteiger partial charge in [-0.3, -0.25) is 9.58 Å². The average molecular weight is 603 g/mol. The van der Waals surface area contributed by atoms with Crippen molar-refractivity contribution < 1.29 is 9.84 Å². The van der Waals surface area contributed by atoms with E-state index < -0.39 is 6.10 Å². The number of piperazine rings is 1. The molecule has 1 aromatic heterocycles. The number of benzene rings is 2. The van der Waals surface area contributed by atoms with Crippen LogP contribution in [-0.4, -0.2) is 89.3 Å². The molecule has 8 heteroatoms. The highest BCUT2D eigenvalue weighted by Crippen LogP contribution is 2.30. The molecule has 8 nitrogen and oxygen atoms in total. The van der Waals surface area contributed by atoms with Crippen LogP contribution in [0.3, 0.4) is 0 Å². The number of anilines is 1. The zero-order chi connectivity index (χ0) is 32.3. The van der Waals surface area contributed by atoms with Crippen LogP contribution in [0.5, 0.6) is 0 Å². The molecular weight excluding hydrogens is 548 g/mol. The zero-order valence-corrected chi connectivity index (χ0v) is 28.3. The van der Waals surface area contributed by atoms with E-state index in [0.717, 1.165) is 74.8 Å². The number of fused-ring (bicyclic) bond motifs is 1. The first kappa shape index (κ1) is 35.3. The molecule has 44 heavy (non-hydrogen) atoms. The van der Waals surface area contributed by atoms with Crippen molar-refractivity contribution in [2.24, 2.45) is 0 Å². The molecular formula is C36H54N6O2. The Kier molecular flexibility index (Phi) is 13.4. The second-order valence-electron chi connectivity index (χ2n) is 12.4. The Morgan fingerprint density at radius 1 is 0.977 bits per heavy atom. The maximum Gasteiger partial charge on any atom is 0.101 e. The fourth-order valence-corrected chi connectivity index (χ4v) is 5.72. The van der Waals surface area contributed by atoms with Gasteiger partial charge in [-0.1, -0.05) is 55.8 Å². The number of nitriles is 1. The summed E-state index contributed by atoms with van der Waals surface area (Å²) in [5.74, 6) is 0. The predicted molar refractivity (Wildman–Crippen MR) is 181 cm³/mol. The quantitative estimate of drug-likeness (QED) is 0.369. The normalized spacial score (nSPS) is 16.1. The van der Waals surface area contributed by atoms with Crippen LogP contribution in [0.4, 0.5) is 5.69 Å². The largest absolute Gasteiger partial charge is 0.390 e. The van der Waals surface area contributed by atoms with Gasteiger partial charge in [-0.25, -0.2) is 0 Å². The number of aromatic nitrogens is 2. The zero-order valence-electron chi connectivity index (χ0n) is 28.3. The molecule has 1 saturated heterocycles. The fraction of sp³-hybridized carbons (Fsp3) is 0.556. The SMILES string of the molecule is CC.CCOC(C)(C)C.Cc1ccc(-c2nn(CC(O)CN3CCN(c4ccccc4C#N)CC3)c3c2CN(C)CC3)cc1. The third kappa shape index (κ3) is 9.90. The summed E-state index contributed by atoms with van der Waals surface area (Å²) in [4.78, 5) is 6.93. The molecule has 0 aliphatic carbocycles. The molecule has 1 N–H and O–H groups in total. The van der Waals surface area contributed by atoms with E-state index in [1.165, 1.54) is 16.8 Å². The van der Waals surface area contributed by atoms with Crippen molar-refractivity contribution in [2.75, 3.05) is 57.8 Å².